The molecule has 2 rings (SSSR count). The summed E-state index contributed by atoms with van der Waals surface area (Å²) in [6, 6.07) is 9.93. The Morgan fingerprint density at radius 1 is 1.24 bits per heavy atom. The van der Waals surface area contributed by atoms with Gasteiger partial charge in [-0.05, 0) is 36.8 Å². The van der Waals surface area contributed by atoms with Gasteiger partial charge in [0.15, 0.2) is 0 Å². The number of nitrogens with zero attached hydrogens (tertiary/aromatic N) is 1. The number of aromatic amines is 1. The molecule has 90 valence electrons. The van der Waals surface area contributed by atoms with Crippen molar-refractivity contribution in [1.82, 2.24) is 10.2 Å². The van der Waals surface area contributed by atoms with Crippen molar-refractivity contribution in [1.29, 1.82) is 0 Å². The van der Waals surface area contributed by atoms with Crippen LogP contribution in [0.5, 0.6) is 5.75 Å². The molecule has 0 fully saturated rings. The second-order valence-electron chi connectivity index (χ2n) is 3.81. The molecular formula is C13H17N3O. The molecule has 0 aliphatic heterocycles. The lowest BCUT2D eigenvalue weighted by Crippen LogP contribution is -2.00. The minimum atomic E-state index is 0.745. The van der Waals surface area contributed by atoms with Gasteiger partial charge in [0, 0.05) is 11.9 Å². The van der Waals surface area contributed by atoms with Gasteiger partial charge in [0.25, 0.3) is 0 Å². The Balaban J connectivity index is 1.85. The maximum absolute atomic E-state index is 5.52. The molecule has 0 bridgehead atoms. The number of benzene rings is 1. The summed E-state index contributed by atoms with van der Waals surface area (Å²) in [6.07, 6.45) is 2.78. The molecule has 0 unspecified atom stereocenters. The first kappa shape index (κ1) is 11.5. The monoisotopic (exact) mass is 231 g/mol. The fourth-order valence-electron chi connectivity index (χ4n) is 1.47. The van der Waals surface area contributed by atoms with Crippen LogP contribution < -0.4 is 10.1 Å². The van der Waals surface area contributed by atoms with E-state index in [1.54, 1.807) is 6.20 Å². The van der Waals surface area contributed by atoms with E-state index in [2.05, 4.69) is 22.4 Å². The van der Waals surface area contributed by atoms with E-state index in [0.717, 1.165) is 36.7 Å². The molecule has 4 heteroatoms. The van der Waals surface area contributed by atoms with Crippen LogP contribution in [0, 0.1) is 0 Å². The maximum Gasteiger partial charge on any atom is 0.119 e. The van der Waals surface area contributed by atoms with Crippen LogP contribution in [0.3, 0.4) is 0 Å². The SMILES string of the molecule is CCCOc1ccc(NCc2ccn[nH]2)cc1. The maximum atomic E-state index is 5.52. The highest BCUT2D eigenvalue weighted by molar-refractivity contribution is 5.46. The van der Waals surface area contributed by atoms with E-state index in [1.807, 2.05) is 30.3 Å². The number of hydrogen-bond acceptors (Lipinski definition) is 3. The molecule has 1 aromatic heterocycles. The number of ether oxygens (including phenoxy) is 1. The van der Waals surface area contributed by atoms with E-state index in [4.69, 9.17) is 4.74 Å². The van der Waals surface area contributed by atoms with Crippen molar-refractivity contribution in [2.45, 2.75) is 19.9 Å². The molecule has 1 aromatic carbocycles. The van der Waals surface area contributed by atoms with Crippen LogP contribution >= 0.6 is 0 Å². The van der Waals surface area contributed by atoms with Crippen molar-refractivity contribution >= 4 is 5.69 Å². The third-order valence-electron chi connectivity index (χ3n) is 2.37. The average molecular weight is 231 g/mol. The molecule has 17 heavy (non-hydrogen) atoms. The molecule has 0 radical (unpaired) electrons. The van der Waals surface area contributed by atoms with Gasteiger partial charge in [-0.25, -0.2) is 0 Å². The lowest BCUT2D eigenvalue weighted by molar-refractivity contribution is 0.317. The van der Waals surface area contributed by atoms with E-state index in [-0.39, 0.29) is 0 Å². The molecule has 0 aliphatic carbocycles. The highest BCUT2D eigenvalue weighted by Gasteiger charge is 1.96. The fourth-order valence-corrected chi connectivity index (χ4v) is 1.47. The highest BCUT2D eigenvalue weighted by Crippen LogP contribution is 2.16. The molecule has 0 saturated heterocycles. The van der Waals surface area contributed by atoms with Gasteiger partial charge in [-0.1, -0.05) is 6.92 Å². The predicted octanol–water partition coefficient (Wildman–Crippen LogP) is 2.81. The Morgan fingerprint density at radius 3 is 2.71 bits per heavy atom. The van der Waals surface area contributed by atoms with Crippen LogP contribution in [-0.2, 0) is 6.54 Å². The van der Waals surface area contributed by atoms with Crippen molar-refractivity contribution in [3.8, 4) is 5.75 Å². The largest absolute Gasteiger partial charge is 0.494 e. The average Bonchev–Trinajstić information content (AvgIpc) is 2.88. The lowest BCUT2D eigenvalue weighted by atomic mass is 10.3. The van der Waals surface area contributed by atoms with Gasteiger partial charge >= 0.3 is 0 Å². The Labute approximate surface area is 101 Å². The second kappa shape index (κ2) is 5.94. The minimum Gasteiger partial charge on any atom is -0.494 e. The summed E-state index contributed by atoms with van der Waals surface area (Å²) in [7, 11) is 0. The zero-order valence-corrected chi connectivity index (χ0v) is 9.94. The van der Waals surface area contributed by atoms with Crippen molar-refractivity contribution < 1.29 is 4.74 Å². The summed E-state index contributed by atoms with van der Waals surface area (Å²) in [6.45, 7) is 3.61. The van der Waals surface area contributed by atoms with E-state index in [9.17, 15) is 0 Å². The summed E-state index contributed by atoms with van der Waals surface area (Å²) in [5.74, 6) is 0.916. The number of H-pyrrole nitrogens is 1. The molecule has 2 N–H and O–H groups in total. The molecule has 2 aromatic rings. The predicted molar refractivity (Wildman–Crippen MR) is 68.1 cm³/mol. The normalized spacial score (nSPS) is 10.2. The number of rotatable bonds is 6. The van der Waals surface area contributed by atoms with Crippen LogP contribution in [0.1, 0.15) is 19.0 Å². The van der Waals surface area contributed by atoms with Crippen LogP contribution in [0.15, 0.2) is 36.5 Å². The third-order valence-corrected chi connectivity index (χ3v) is 2.37. The van der Waals surface area contributed by atoms with Crippen LogP contribution in [-0.4, -0.2) is 16.8 Å². The second-order valence-corrected chi connectivity index (χ2v) is 3.81. The highest BCUT2D eigenvalue weighted by atomic mass is 16.5. The Kier molecular flexibility index (Phi) is 4.02. The Morgan fingerprint density at radius 2 is 2.06 bits per heavy atom. The van der Waals surface area contributed by atoms with Gasteiger partial charge in [-0.3, -0.25) is 5.10 Å². The van der Waals surface area contributed by atoms with Crippen molar-refractivity contribution in [3.63, 3.8) is 0 Å². The first-order valence-electron chi connectivity index (χ1n) is 5.83. The summed E-state index contributed by atoms with van der Waals surface area (Å²) in [4.78, 5) is 0. The molecule has 0 saturated carbocycles. The Bertz CT molecular complexity index is 422. The van der Waals surface area contributed by atoms with Gasteiger partial charge in [-0.2, -0.15) is 5.10 Å². The summed E-state index contributed by atoms with van der Waals surface area (Å²) in [5, 5.41) is 10.1. The van der Waals surface area contributed by atoms with Gasteiger partial charge < -0.3 is 10.1 Å². The number of nitrogens with one attached hydrogen (secondary N) is 2. The first-order chi connectivity index (χ1) is 8.38. The summed E-state index contributed by atoms with van der Waals surface area (Å²) in [5.41, 5.74) is 2.14. The molecule has 1 heterocycles. The number of anilines is 1. The third kappa shape index (κ3) is 3.52. The topological polar surface area (TPSA) is 49.9 Å². The van der Waals surface area contributed by atoms with Crippen LogP contribution in [0.25, 0.3) is 0 Å². The fraction of sp³-hybridized carbons (Fsp3) is 0.308. The Hall–Kier alpha value is -1.97. The molecular weight excluding hydrogens is 214 g/mol. The van der Waals surface area contributed by atoms with Crippen molar-refractivity contribution in [3.05, 3.63) is 42.2 Å². The van der Waals surface area contributed by atoms with Crippen molar-refractivity contribution in [2.24, 2.45) is 0 Å². The molecule has 0 amide bonds. The zero-order chi connectivity index (χ0) is 11.9. The molecule has 0 aliphatic rings. The number of aromatic nitrogens is 2. The standard InChI is InChI=1S/C13H17N3O/c1-2-9-17-13-5-3-11(4-6-13)14-10-12-7-8-15-16-12/h3-8,14H,2,9-10H2,1H3,(H,15,16). The van der Waals surface area contributed by atoms with Crippen LogP contribution in [0.2, 0.25) is 0 Å². The summed E-state index contributed by atoms with van der Waals surface area (Å²) >= 11 is 0. The van der Waals surface area contributed by atoms with Gasteiger partial charge in [0.1, 0.15) is 5.75 Å². The van der Waals surface area contributed by atoms with Gasteiger partial charge in [-0.15, -0.1) is 0 Å². The van der Waals surface area contributed by atoms with E-state index in [0.29, 0.717) is 0 Å². The van der Waals surface area contributed by atoms with E-state index < -0.39 is 0 Å². The van der Waals surface area contributed by atoms with E-state index >= 15 is 0 Å². The van der Waals surface area contributed by atoms with Gasteiger partial charge in [0.05, 0.1) is 18.8 Å². The number of hydrogen-bond donors (Lipinski definition) is 2. The first-order valence-corrected chi connectivity index (χ1v) is 5.83. The van der Waals surface area contributed by atoms with Crippen LogP contribution in [0.4, 0.5) is 5.69 Å². The quantitative estimate of drug-likeness (QED) is 0.803. The van der Waals surface area contributed by atoms with Gasteiger partial charge in [0.2, 0.25) is 0 Å². The zero-order valence-electron chi connectivity index (χ0n) is 9.94. The molecule has 4 nitrogen and oxygen atoms in total. The van der Waals surface area contributed by atoms with E-state index in [1.165, 1.54) is 0 Å². The minimum absolute atomic E-state index is 0.745. The smallest absolute Gasteiger partial charge is 0.119 e. The molecule has 0 atom stereocenters. The molecule has 0 spiro atoms. The lowest BCUT2D eigenvalue weighted by Gasteiger charge is -2.07. The summed E-state index contributed by atoms with van der Waals surface area (Å²) < 4.78 is 5.52. The van der Waals surface area contributed by atoms with Crippen molar-refractivity contribution in [2.75, 3.05) is 11.9 Å².